The summed E-state index contributed by atoms with van der Waals surface area (Å²) >= 11 is 0. The molecule has 1 aromatic rings. The van der Waals surface area contributed by atoms with E-state index < -0.39 is 18.2 Å². The molecule has 0 spiro atoms. The third kappa shape index (κ3) is 4.36. The molecule has 1 fully saturated rings. The van der Waals surface area contributed by atoms with E-state index in [1.54, 1.807) is 12.1 Å². The summed E-state index contributed by atoms with van der Waals surface area (Å²) in [5, 5.41) is 20.4. The zero-order valence-electron chi connectivity index (χ0n) is 16.5. The van der Waals surface area contributed by atoms with Gasteiger partial charge in [0.1, 0.15) is 18.0 Å². The number of aromatic hydroxyl groups is 1. The summed E-state index contributed by atoms with van der Waals surface area (Å²) < 4.78 is 11.9. The van der Waals surface area contributed by atoms with E-state index in [9.17, 15) is 15.0 Å². The molecule has 2 aliphatic rings. The normalized spacial score (nSPS) is 33.8. The average molecular weight is 374 g/mol. The van der Waals surface area contributed by atoms with Crippen molar-refractivity contribution in [3.8, 4) is 5.75 Å². The molecule has 1 aliphatic heterocycles. The number of aliphatic hydroxyl groups excluding tert-OH is 1. The zero-order valence-corrected chi connectivity index (χ0v) is 16.5. The number of phenols is 1. The molecule has 0 amide bonds. The van der Waals surface area contributed by atoms with E-state index in [0.717, 1.165) is 18.4 Å². The number of hydrogen-bond acceptors (Lipinski definition) is 5. The van der Waals surface area contributed by atoms with Crippen molar-refractivity contribution in [1.29, 1.82) is 0 Å². The molecule has 5 atom stereocenters. The lowest BCUT2D eigenvalue weighted by Gasteiger charge is -2.34. The molecule has 0 bridgehead atoms. The Balaban J connectivity index is 1.89. The van der Waals surface area contributed by atoms with Crippen LogP contribution in [0.3, 0.4) is 0 Å². The van der Waals surface area contributed by atoms with E-state index in [2.05, 4.69) is 6.08 Å². The van der Waals surface area contributed by atoms with Gasteiger partial charge in [-0.2, -0.15) is 0 Å². The Morgan fingerprint density at radius 2 is 1.96 bits per heavy atom. The minimum Gasteiger partial charge on any atom is -0.508 e. The van der Waals surface area contributed by atoms with E-state index in [1.165, 1.54) is 12.1 Å². The summed E-state index contributed by atoms with van der Waals surface area (Å²) in [4.78, 5) is 12.7. The van der Waals surface area contributed by atoms with Crippen LogP contribution in [0, 0.1) is 11.8 Å². The van der Waals surface area contributed by atoms with Crippen LogP contribution in [0.4, 0.5) is 0 Å². The Morgan fingerprint density at radius 1 is 1.30 bits per heavy atom. The standard InChI is InChI=1S/C22H30O5/c1-13(2)18-17(24)12-14(3)6-5-11-22(4)20(27-22)19(18)26-21(25)15-7-9-16(23)10-8-15/h6-10,13,17-20,23-24H,5,11-12H2,1-4H3/t17-,18?,19+,20-,22-/m1/s1. The monoisotopic (exact) mass is 374 g/mol. The second kappa shape index (κ2) is 7.64. The van der Waals surface area contributed by atoms with Crippen molar-refractivity contribution in [2.45, 2.75) is 70.9 Å². The van der Waals surface area contributed by atoms with Crippen LogP contribution in [0.5, 0.6) is 5.75 Å². The molecule has 3 rings (SSSR count). The number of epoxide rings is 1. The molecule has 1 heterocycles. The lowest BCUT2D eigenvalue weighted by atomic mass is 9.78. The lowest BCUT2D eigenvalue weighted by Crippen LogP contribution is -2.44. The number of rotatable bonds is 3. The van der Waals surface area contributed by atoms with Crippen molar-refractivity contribution in [2.75, 3.05) is 0 Å². The van der Waals surface area contributed by atoms with Crippen molar-refractivity contribution in [2.24, 2.45) is 11.8 Å². The van der Waals surface area contributed by atoms with Gasteiger partial charge in [0.05, 0.1) is 17.3 Å². The number of hydrogen-bond donors (Lipinski definition) is 2. The van der Waals surface area contributed by atoms with Crippen LogP contribution >= 0.6 is 0 Å². The molecule has 2 N–H and O–H groups in total. The van der Waals surface area contributed by atoms with Gasteiger partial charge < -0.3 is 19.7 Å². The van der Waals surface area contributed by atoms with Gasteiger partial charge in [0.15, 0.2) is 0 Å². The molecule has 5 nitrogen and oxygen atoms in total. The first-order valence-electron chi connectivity index (χ1n) is 9.73. The average Bonchev–Trinajstić information content (AvgIpc) is 3.25. The van der Waals surface area contributed by atoms with Gasteiger partial charge in [0.2, 0.25) is 0 Å². The van der Waals surface area contributed by atoms with Gasteiger partial charge in [0, 0.05) is 5.92 Å². The van der Waals surface area contributed by atoms with Crippen LogP contribution in [-0.4, -0.2) is 40.1 Å². The first kappa shape index (κ1) is 19.9. The van der Waals surface area contributed by atoms with Gasteiger partial charge in [-0.15, -0.1) is 0 Å². The van der Waals surface area contributed by atoms with E-state index in [0.29, 0.717) is 12.0 Å². The Kier molecular flexibility index (Phi) is 5.63. The fourth-order valence-electron chi connectivity index (χ4n) is 4.20. The second-order valence-electron chi connectivity index (χ2n) is 8.45. The first-order chi connectivity index (χ1) is 12.7. The van der Waals surface area contributed by atoms with E-state index in [1.807, 2.05) is 27.7 Å². The van der Waals surface area contributed by atoms with Gasteiger partial charge in [-0.3, -0.25) is 0 Å². The maximum atomic E-state index is 12.7. The fraction of sp³-hybridized carbons (Fsp3) is 0.591. The maximum absolute atomic E-state index is 12.7. The first-order valence-corrected chi connectivity index (χ1v) is 9.73. The molecule has 1 aliphatic carbocycles. The molecule has 27 heavy (non-hydrogen) atoms. The smallest absolute Gasteiger partial charge is 0.338 e. The topological polar surface area (TPSA) is 79.3 Å². The van der Waals surface area contributed by atoms with E-state index >= 15 is 0 Å². The molecule has 0 aromatic heterocycles. The Bertz CT molecular complexity index is 708. The Morgan fingerprint density at radius 3 is 2.59 bits per heavy atom. The highest BCUT2D eigenvalue weighted by Crippen LogP contribution is 2.48. The van der Waals surface area contributed by atoms with Crippen LogP contribution in [0.15, 0.2) is 35.9 Å². The number of aliphatic hydroxyl groups is 1. The summed E-state index contributed by atoms with van der Waals surface area (Å²) in [6.07, 6.45) is 3.15. The molecule has 0 radical (unpaired) electrons. The van der Waals surface area contributed by atoms with Crippen LogP contribution in [-0.2, 0) is 9.47 Å². The molecule has 148 valence electrons. The Labute approximate surface area is 161 Å². The number of ether oxygens (including phenoxy) is 2. The molecular formula is C22H30O5. The van der Waals surface area contributed by atoms with Crippen molar-refractivity contribution in [1.82, 2.24) is 0 Å². The van der Waals surface area contributed by atoms with Gasteiger partial charge in [-0.25, -0.2) is 4.79 Å². The highest BCUT2D eigenvalue weighted by Gasteiger charge is 2.60. The zero-order chi connectivity index (χ0) is 19.8. The number of phenolic OH excluding ortho intramolecular Hbond substituents is 1. The summed E-state index contributed by atoms with van der Waals surface area (Å²) in [7, 11) is 0. The van der Waals surface area contributed by atoms with Crippen molar-refractivity contribution >= 4 is 5.97 Å². The number of esters is 1. The van der Waals surface area contributed by atoms with E-state index in [-0.39, 0.29) is 29.3 Å². The minimum absolute atomic E-state index is 0.0982. The van der Waals surface area contributed by atoms with Crippen LogP contribution in [0.1, 0.15) is 57.3 Å². The molecule has 1 saturated heterocycles. The van der Waals surface area contributed by atoms with Gasteiger partial charge in [0.25, 0.3) is 0 Å². The second-order valence-corrected chi connectivity index (χ2v) is 8.45. The number of carbonyl (C=O) groups is 1. The lowest BCUT2D eigenvalue weighted by molar-refractivity contribution is -0.0441. The van der Waals surface area contributed by atoms with Crippen molar-refractivity contribution in [3.63, 3.8) is 0 Å². The summed E-state index contributed by atoms with van der Waals surface area (Å²) in [6, 6.07) is 6.01. The number of benzene rings is 1. The quantitative estimate of drug-likeness (QED) is 0.477. The summed E-state index contributed by atoms with van der Waals surface area (Å²) in [6.45, 7) is 8.17. The van der Waals surface area contributed by atoms with Gasteiger partial charge in [-0.05, 0) is 63.3 Å². The third-order valence-electron chi connectivity index (χ3n) is 5.84. The van der Waals surface area contributed by atoms with Crippen LogP contribution in [0.2, 0.25) is 0 Å². The molecule has 1 unspecified atom stereocenters. The number of fused-ring (bicyclic) bond motifs is 1. The van der Waals surface area contributed by atoms with Crippen LogP contribution < -0.4 is 0 Å². The van der Waals surface area contributed by atoms with E-state index in [4.69, 9.17) is 9.47 Å². The highest BCUT2D eigenvalue weighted by molar-refractivity contribution is 5.89. The third-order valence-corrected chi connectivity index (χ3v) is 5.84. The number of allylic oxidation sites excluding steroid dienone is 1. The predicted molar refractivity (Wildman–Crippen MR) is 103 cm³/mol. The van der Waals surface area contributed by atoms with Crippen LogP contribution in [0.25, 0.3) is 0 Å². The largest absolute Gasteiger partial charge is 0.508 e. The van der Waals surface area contributed by atoms with Gasteiger partial charge in [-0.1, -0.05) is 25.5 Å². The predicted octanol–water partition coefficient (Wildman–Crippen LogP) is 3.84. The summed E-state index contributed by atoms with van der Waals surface area (Å²) in [5.74, 6) is -0.459. The minimum atomic E-state index is -0.606. The fourth-order valence-corrected chi connectivity index (χ4v) is 4.20. The molecule has 5 heteroatoms. The highest BCUT2D eigenvalue weighted by atomic mass is 16.6. The SMILES string of the molecule is CC1=CCC[C@@]2(C)O[C@@H]2[C@@H](OC(=O)c2ccc(O)cc2)C(C(C)C)[C@H](O)C1. The number of carbonyl (C=O) groups excluding carboxylic acids is 1. The maximum Gasteiger partial charge on any atom is 0.338 e. The summed E-state index contributed by atoms with van der Waals surface area (Å²) in [5.41, 5.74) is 1.20. The van der Waals surface area contributed by atoms with Gasteiger partial charge >= 0.3 is 5.97 Å². The molecule has 1 aromatic carbocycles. The molecule has 0 saturated carbocycles. The van der Waals surface area contributed by atoms with Crippen molar-refractivity contribution in [3.05, 3.63) is 41.5 Å². The Hall–Kier alpha value is -1.85. The molecular weight excluding hydrogens is 344 g/mol. The van der Waals surface area contributed by atoms with Crippen molar-refractivity contribution < 1.29 is 24.5 Å².